The number of unbranched alkanes of at least 4 members (excludes halogenated alkanes) is 10. The number of aliphatic hydroxyl groups is 3. The molecule has 8 atom stereocenters. The average Bonchev–Trinajstić information content (AvgIpc) is 3.42. The lowest BCUT2D eigenvalue weighted by molar-refractivity contribution is -0.191. The molecular weight excluding hydrogens is 598 g/mol. The van der Waals surface area contributed by atoms with Gasteiger partial charge < -0.3 is 30.1 Å². The van der Waals surface area contributed by atoms with Crippen molar-refractivity contribution in [3.05, 3.63) is 23.3 Å². The van der Waals surface area contributed by atoms with Gasteiger partial charge in [-0.15, -0.1) is 0 Å². The summed E-state index contributed by atoms with van der Waals surface area (Å²) in [4.78, 5) is 41.2. The standard InChI is InChI=1S/C38H61NO8/c1-7-9-11-12-13-14-15-16-17-19-29(41)47-37-23-26(4)36-22-25(3)33(46-34(44)39-20-18-10-8-2)38(36,45)31(42)27(24-40)21-28(32(36)43)30(37)35(37,5)6/h21-22,26,28,30-31,33,40,42,45H,7-20,23-24H2,1-6H3,(H,39,44)/t26-,28+,30-,31-,33+,36+,37+,38+/m1/s1. The smallest absolute Gasteiger partial charge is 0.407 e. The van der Waals surface area contributed by atoms with Crippen LogP contribution in [-0.2, 0) is 19.1 Å². The molecule has 0 radical (unpaired) electrons. The number of nitrogens with one attached hydrogen (secondary N) is 1. The van der Waals surface area contributed by atoms with Crippen LogP contribution in [0.25, 0.3) is 0 Å². The minimum atomic E-state index is -2.26. The molecule has 0 aliphatic heterocycles. The number of amides is 1. The fraction of sp³-hybridized carbons (Fsp3) is 0.816. The van der Waals surface area contributed by atoms with E-state index in [1.54, 1.807) is 19.1 Å². The van der Waals surface area contributed by atoms with E-state index in [9.17, 15) is 29.7 Å². The number of allylic oxidation sites excluding steroid dienone is 1. The summed E-state index contributed by atoms with van der Waals surface area (Å²) in [6.07, 6.45) is 13.1. The lowest BCUT2D eigenvalue weighted by Gasteiger charge is -2.49. The highest BCUT2D eigenvalue weighted by Crippen LogP contribution is 2.75. The Balaban J connectivity index is 1.56. The molecule has 2 saturated carbocycles. The summed E-state index contributed by atoms with van der Waals surface area (Å²) in [5.74, 6) is -2.41. The second kappa shape index (κ2) is 15.1. The first-order valence-electron chi connectivity index (χ1n) is 18.4. The number of alkyl carbamates (subject to hydrolysis) is 1. The van der Waals surface area contributed by atoms with Crippen LogP contribution in [0, 0.1) is 28.6 Å². The first kappa shape index (κ1) is 37.6. The van der Waals surface area contributed by atoms with E-state index in [2.05, 4.69) is 19.2 Å². The lowest BCUT2D eigenvalue weighted by Crippen LogP contribution is -2.66. The normalized spacial score (nSPS) is 35.1. The molecule has 0 saturated heterocycles. The quantitative estimate of drug-likeness (QED) is 0.0807. The van der Waals surface area contributed by atoms with Crippen LogP contribution in [0.1, 0.15) is 131 Å². The van der Waals surface area contributed by atoms with Gasteiger partial charge in [0, 0.05) is 30.2 Å². The van der Waals surface area contributed by atoms with Gasteiger partial charge in [0.1, 0.15) is 11.7 Å². The Hall–Kier alpha value is -2.23. The number of aliphatic hydroxyl groups excluding tert-OH is 2. The van der Waals surface area contributed by atoms with Gasteiger partial charge in [-0.25, -0.2) is 4.79 Å². The van der Waals surface area contributed by atoms with E-state index in [-0.39, 0.29) is 17.3 Å². The molecule has 9 heteroatoms. The van der Waals surface area contributed by atoms with Crippen LogP contribution in [-0.4, -0.2) is 69.7 Å². The van der Waals surface area contributed by atoms with Crippen LogP contribution in [0.3, 0.4) is 0 Å². The number of carbonyl (C=O) groups excluding carboxylic acids is 3. The van der Waals surface area contributed by atoms with Crippen molar-refractivity contribution in [2.45, 2.75) is 155 Å². The van der Waals surface area contributed by atoms with Gasteiger partial charge in [0.05, 0.1) is 12.0 Å². The predicted molar refractivity (Wildman–Crippen MR) is 180 cm³/mol. The van der Waals surface area contributed by atoms with Crippen LogP contribution in [0.15, 0.2) is 23.3 Å². The average molecular weight is 660 g/mol. The summed E-state index contributed by atoms with van der Waals surface area (Å²) >= 11 is 0. The molecule has 4 rings (SSSR count). The van der Waals surface area contributed by atoms with E-state index in [0.717, 1.165) is 38.5 Å². The van der Waals surface area contributed by atoms with Gasteiger partial charge in [0.25, 0.3) is 0 Å². The molecule has 2 fully saturated rings. The van der Waals surface area contributed by atoms with E-state index in [1.165, 1.54) is 38.5 Å². The Morgan fingerprint density at radius 2 is 1.57 bits per heavy atom. The van der Waals surface area contributed by atoms with Crippen LogP contribution in [0.5, 0.6) is 0 Å². The first-order chi connectivity index (χ1) is 22.3. The zero-order valence-corrected chi connectivity index (χ0v) is 29.7. The molecule has 4 aliphatic rings. The number of esters is 1. The molecule has 0 heterocycles. The Bertz CT molecular complexity index is 1210. The molecule has 0 unspecified atom stereocenters. The van der Waals surface area contributed by atoms with E-state index in [1.807, 2.05) is 20.8 Å². The largest absolute Gasteiger partial charge is 0.458 e. The zero-order chi connectivity index (χ0) is 34.6. The van der Waals surface area contributed by atoms with Gasteiger partial charge in [-0.2, -0.15) is 0 Å². The van der Waals surface area contributed by atoms with Crippen molar-refractivity contribution < 1.29 is 39.2 Å². The summed E-state index contributed by atoms with van der Waals surface area (Å²) in [5.41, 5.74) is -4.85. The number of ketones is 1. The number of hydrogen-bond acceptors (Lipinski definition) is 8. The Labute approximate surface area is 281 Å². The maximum absolute atomic E-state index is 14.9. The highest BCUT2D eigenvalue weighted by molar-refractivity contribution is 5.96. The third-order valence-corrected chi connectivity index (χ3v) is 12.1. The maximum atomic E-state index is 14.9. The van der Waals surface area contributed by atoms with Gasteiger partial charge in [-0.1, -0.05) is 111 Å². The minimum absolute atomic E-state index is 0.0968. The number of rotatable bonds is 17. The second-order valence-electron chi connectivity index (χ2n) is 15.4. The van der Waals surface area contributed by atoms with Crippen molar-refractivity contribution in [1.29, 1.82) is 0 Å². The summed E-state index contributed by atoms with van der Waals surface area (Å²) in [6.45, 7) is 11.6. The van der Waals surface area contributed by atoms with Crippen LogP contribution >= 0.6 is 0 Å². The second-order valence-corrected chi connectivity index (χ2v) is 15.4. The molecule has 1 spiro atoms. The van der Waals surface area contributed by atoms with Crippen molar-refractivity contribution in [1.82, 2.24) is 5.32 Å². The van der Waals surface area contributed by atoms with E-state index in [0.29, 0.717) is 25.0 Å². The Morgan fingerprint density at radius 3 is 2.19 bits per heavy atom. The number of hydrogen-bond donors (Lipinski definition) is 4. The van der Waals surface area contributed by atoms with Crippen molar-refractivity contribution >= 4 is 17.8 Å². The van der Waals surface area contributed by atoms with Crippen LogP contribution < -0.4 is 5.32 Å². The topological polar surface area (TPSA) is 142 Å². The van der Waals surface area contributed by atoms with E-state index >= 15 is 0 Å². The molecule has 4 aliphatic carbocycles. The predicted octanol–water partition coefficient (Wildman–Crippen LogP) is 6.33. The molecule has 9 nitrogen and oxygen atoms in total. The van der Waals surface area contributed by atoms with Crippen LogP contribution in [0.4, 0.5) is 4.79 Å². The molecular formula is C38H61NO8. The molecule has 47 heavy (non-hydrogen) atoms. The van der Waals surface area contributed by atoms with Crippen molar-refractivity contribution in [3.63, 3.8) is 0 Å². The van der Waals surface area contributed by atoms with E-state index in [4.69, 9.17) is 9.47 Å². The Morgan fingerprint density at radius 1 is 0.979 bits per heavy atom. The first-order valence-corrected chi connectivity index (χ1v) is 18.4. The molecule has 266 valence electrons. The van der Waals surface area contributed by atoms with Crippen LogP contribution in [0.2, 0.25) is 0 Å². The van der Waals surface area contributed by atoms with Gasteiger partial charge in [0.2, 0.25) is 0 Å². The van der Waals surface area contributed by atoms with Crippen molar-refractivity contribution in [3.8, 4) is 0 Å². The van der Waals surface area contributed by atoms with E-state index < -0.39 is 64.7 Å². The number of ether oxygens (including phenoxy) is 2. The van der Waals surface area contributed by atoms with Gasteiger partial charge in [0.15, 0.2) is 17.5 Å². The third kappa shape index (κ3) is 6.58. The lowest BCUT2D eigenvalue weighted by atomic mass is 9.59. The van der Waals surface area contributed by atoms with Gasteiger partial charge in [-0.05, 0) is 43.3 Å². The SMILES string of the molecule is CCCCCCCCCCCC(=O)O[C@@]12C[C@@H](C)[C@]34C=C(C)[C@H](OC(=O)NCCCCC)[C@@]3(O)[C@H](O)C(CO)=C[C@H](C4=O)[C@@H]1C2(C)C. The summed E-state index contributed by atoms with van der Waals surface area (Å²) in [7, 11) is 0. The molecule has 0 aromatic heterocycles. The molecule has 0 aromatic rings. The molecule has 0 aromatic carbocycles. The summed E-state index contributed by atoms with van der Waals surface area (Å²) < 4.78 is 12.2. The third-order valence-electron chi connectivity index (χ3n) is 12.1. The monoisotopic (exact) mass is 659 g/mol. The van der Waals surface area contributed by atoms with Gasteiger partial charge in [-0.3, -0.25) is 9.59 Å². The summed E-state index contributed by atoms with van der Waals surface area (Å²) in [5, 5.41) is 37.6. The van der Waals surface area contributed by atoms with Crippen molar-refractivity contribution in [2.24, 2.45) is 28.6 Å². The molecule has 4 N–H and O–H groups in total. The van der Waals surface area contributed by atoms with Gasteiger partial charge >= 0.3 is 12.1 Å². The number of fused-ring (bicyclic) bond motifs is 3. The Kier molecular flexibility index (Phi) is 12.1. The summed E-state index contributed by atoms with van der Waals surface area (Å²) in [6, 6.07) is 0. The molecule has 2 bridgehead atoms. The maximum Gasteiger partial charge on any atom is 0.407 e. The number of Topliss-reactive ketones (excluding diaryl/α,β-unsaturated/α-hetero) is 1. The highest BCUT2D eigenvalue weighted by atomic mass is 16.6. The fourth-order valence-electron chi connectivity index (χ4n) is 9.44. The number of carbonyl (C=O) groups is 3. The highest BCUT2D eigenvalue weighted by Gasteiger charge is 2.83. The molecule has 1 amide bonds. The minimum Gasteiger partial charge on any atom is -0.458 e. The fourth-order valence-corrected chi connectivity index (χ4v) is 9.44. The van der Waals surface area contributed by atoms with Crippen molar-refractivity contribution in [2.75, 3.05) is 13.2 Å². The zero-order valence-electron chi connectivity index (χ0n) is 29.7.